The minimum absolute atomic E-state index is 0.207. The third kappa shape index (κ3) is 3.63. The number of benzene rings is 1. The second kappa shape index (κ2) is 6.13. The number of amides is 1. The smallest absolute Gasteiger partial charge is 0.239 e. The molecule has 1 heterocycles. The summed E-state index contributed by atoms with van der Waals surface area (Å²) in [5.74, 6) is -1.07. The van der Waals surface area contributed by atoms with Gasteiger partial charge in [0.15, 0.2) is 5.82 Å². The zero-order valence-corrected chi connectivity index (χ0v) is 12.2. The molecular weight excluding hydrogens is 332 g/mol. The maximum Gasteiger partial charge on any atom is 0.239 e. The van der Waals surface area contributed by atoms with Crippen LogP contribution in [-0.2, 0) is 11.3 Å². The summed E-state index contributed by atoms with van der Waals surface area (Å²) in [5.41, 5.74) is 0.343. The molecular formula is C13H12BrF2N3O. The highest BCUT2D eigenvalue weighted by Gasteiger charge is 2.11. The van der Waals surface area contributed by atoms with Crippen LogP contribution in [0.3, 0.4) is 0 Å². The van der Waals surface area contributed by atoms with Gasteiger partial charge in [0.25, 0.3) is 0 Å². The number of halogens is 3. The number of aromatic nitrogens is 2. The highest BCUT2D eigenvalue weighted by molar-refractivity contribution is 9.10. The van der Waals surface area contributed by atoms with Crippen molar-refractivity contribution in [2.75, 3.05) is 5.32 Å². The number of anilines is 1. The molecule has 1 atom stereocenters. The van der Waals surface area contributed by atoms with Gasteiger partial charge >= 0.3 is 0 Å². The van der Waals surface area contributed by atoms with E-state index < -0.39 is 11.6 Å². The number of rotatable bonds is 4. The van der Waals surface area contributed by atoms with Crippen LogP contribution in [0.4, 0.5) is 14.6 Å². The highest BCUT2D eigenvalue weighted by Crippen LogP contribution is 2.13. The SMILES string of the molecule is C[C@@H](Br)C(=O)Nc1cn(Cc2ccc(F)cc2F)cn1. The molecule has 0 aliphatic heterocycles. The number of nitrogens with one attached hydrogen (secondary N) is 1. The second-order valence-electron chi connectivity index (χ2n) is 4.27. The Morgan fingerprint density at radius 2 is 2.25 bits per heavy atom. The molecule has 0 bridgehead atoms. The molecule has 4 nitrogen and oxygen atoms in total. The first kappa shape index (κ1) is 14.6. The zero-order chi connectivity index (χ0) is 14.7. The van der Waals surface area contributed by atoms with E-state index in [1.807, 2.05) is 0 Å². The summed E-state index contributed by atoms with van der Waals surface area (Å²) in [6.45, 7) is 1.90. The maximum atomic E-state index is 13.5. The number of hydrogen-bond acceptors (Lipinski definition) is 2. The lowest BCUT2D eigenvalue weighted by Crippen LogP contribution is -2.20. The van der Waals surface area contributed by atoms with Crippen molar-refractivity contribution in [3.8, 4) is 0 Å². The molecule has 20 heavy (non-hydrogen) atoms. The van der Waals surface area contributed by atoms with Gasteiger partial charge in [0.1, 0.15) is 11.6 Å². The van der Waals surface area contributed by atoms with Crippen LogP contribution in [0, 0.1) is 11.6 Å². The summed E-state index contributed by atoms with van der Waals surface area (Å²) < 4.78 is 27.9. The lowest BCUT2D eigenvalue weighted by atomic mass is 10.2. The molecule has 106 valence electrons. The molecule has 0 saturated carbocycles. The number of hydrogen-bond donors (Lipinski definition) is 1. The molecule has 0 fully saturated rings. The highest BCUT2D eigenvalue weighted by atomic mass is 79.9. The van der Waals surface area contributed by atoms with E-state index in [9.17, 15) is 13.6 Å². The molecule has 0 spiro atoms. The number of imidazole rings is 1. The Labute approximate surface area is 122 Å². The van der Waals surface area contributed by atoms with E-state index in [0.717, 1.165) is 6.07 Å². The van der Waals surface area contributed by atoms with Crippen molar-refractivity contribution in [2.45, 2.75) is 18.3 Å². The molecule has 1 aromatic heterocycles. The first-order valence-corrected chi connectivity index (χ1v) is 6.78. The molecule has 0 aliphatic rings. The average Bonchev–Trinajstić information content (AvgIpc) is 2.80. The van der Waals surface area contributed by atoms with Gasteiger partial charge < -0.3 is 9.88 Å². The Kier molecular flexibility index (Phi) is 4.49. The van der Waals surface area contributed by atoms with Gasteiger partial charge in [-0.1, -0.05) is 22.0 Å². The van der Waals surface area contributed by atoms with Crippen LogP contribution in [-0.4, -0.2) is 20.3 Å². The first-order valence-electron chi connectivity index (χ1n) is 5.86. The predicted octanol–water partition coefficient (Wildman–Crippen LogP) is 2.93. The van der Waals surface area contributed by atoms with Crippen LogP contribution < -0.4 is 5.32 Å². The van der Waals surface area contributed by atoms with E-state index >= 15 is 0 Å². The topological polar surface area (TPSA) is 46.9 Å². The van der Waals surface area contributed by atoms with Crippen LogP contribution in [0.5, 0.6) is 0 Å². The van der Waals surface area contributed by atoms with Crippen LogP contribution >= 0.6 is 15.9 Å². The van der Waals surface area contributed by atoms with Gasteiger partial charge in [0, 0.05) is 17.8 Å². The normalized spacial score (nSPS) is 12.2. The fourth-order valence-electron chi connectivity index (χ4n) is 1.58. The summed E-state index contributed by atoms with van der Waals surface area (Å²) in [7, 11) is 0. The van der Waals surface area contributed by atoms with E-state index in [4.69, 9.17) is 0 Å². The molecule has 7 heteroatoms. The lowest BCUT2D eigenvalue weighted by Gasteiger charge is -2.04. The minimum Gasteiger partial charge on any atom is -0.331 e. The van der Waals surface area contributed by atoms with E-state index in [-0.39, 0.29) is 17.3 Å². The van der Waals surface area contributed by atoms with Crippen molar-refractivity contribution in [2.24, 2.45) is 0 Å². The van der Waals surface area contributed by atoms with Crippen molar-refractivity contribution in [1.82, 2.24) is 9.55 Å². The van der Waals surface area contributed by atoms with Crippen molar-refractivity contribution in [3.63, 3.8) is 0 Å². The van der Waals surface area contributed by atoms with E-state index in [1.54, 1.807) is 17.7 Å². The van der Waals surface area contributed by atoms with Gasteiger partial charge in [-0.25, -0.2) is 13.8 Å². The number of alkyl halides is 1. The average molecular weight is 344 g/mol. The fraction of sp³-hybridized carbons (Fsp3) is 0.231. The largest absolute Gasteiger partial charge is 0.331 e. The quantitative estimate of drug-likeness (QED) is 0.867. The van der Waals surface area contributed by atoms with E-state index in [2.05, 4.69) is 26.2 Å². The molecule has 2 rings (SSSR count). The monoisotopic (exact) mass is 343 g/mol. The summed E-state index contributed by atoms with van der Waals surface area (Å²) in [4.78, 5) is 15.1. The predicted molar refractivity (Wildman–Crippen MR) is 74.7 cm³/mol. The summed E-state index contributed by atoms with van der Waals surface area (Å²) in [6, 6.07) is 3.41. The Hall–Kier alpha value is -1.76. The number of carbonyl (C=O) groups is 1. The van der Waals surface area contributed by atoms with Gasteiger partial charge in [-0.3, -0.25) is 4.79 Å². The Bertz CT molecular complexity index is 628. The summed E-state index contributed by atoms with van der Waals surface area (Å²) in [5, 5.41) is 2.60. The van der Waals surface area contributed by atoms with Crippen molar-refractivity contribution >= 4 is 27.7 Å². The lowest BCUT2D eigenvalue weighted by molar-refractivity contribution is -0.115. The summed E-state index contributed by atoms with van der Waals surface area (Å²) in [6.07, 6.45) is 3.05. The maximum absolute atomic E-state index is 13.5. The van der Waals surface area contributed by atoms with Gasteiger partial charge in [-0.15, -0.1) is 0 Å². The standard InChI is InChI=1S/C13H12BrF2N3O/c1-8(14)13(20)18-12-6-19(7-17-12)5-9-2-3-10(15)4-11(9)16/h2-4,6-8H,5H2,1H3,(H,18,20)/t8-/m1/s1. The van der Waals surface area contributed by atoms with E-state index in [0.29, 0.717) is 11.4 Å². The molecule has 1 N–H and O–H groups in total. The van der Waals surface area contributed by atoms with Gasteiger partial charge in [-0.05, 0) is 13.0 Å². The second-order valence-corrected chi connectivity index (χ2v) is 5.65. The van der Waals surface area contributed by atoms with Crippen molar-refractivity contribution < 1.29 is 13.6 Å². The van der Waals surface area contributed by atoms with Gasteiger partial charge in [-0.2, -0.15) is 0 Å². The molecule has 0 saturated heterocycles. The molecule has 0 aliphatic carbocycles. The number of nitrogens with zero attached hydrogens (tertiary/aromatic N) is 2. The number of carbonyl (C=O) groups excluding carboxylic acids is 1. The zero-order valence-electron chi connectivity index (χ0n) is 10.6. The third-order valence-electron chi connectivity index (χ3n) is 2.61. The summed E-state index contributed by atoms with van der Waals surface area (Å²) >= 11 is 3.14. The van der Waals surface area contributed by atoms with E-state index in [1.165, 1.54) is 18.5 Å². The van der Waals surface area contributed by atoms with Gasteiger partial charge in [0.05, 0.1) is 17.7 Å². The molecule has 1 aromatic carbocycles. The molecule has 2 aromatic rings. The van der Waals surface area contributed by atoms with Crippen molar-refractivity contribution in [3.05, 3.63) is 47.9 Å². The van der Waals surface area contributed by atoms with Crippen LogP contribution in [0.15, 0.2) is 30.7 Å². The molecule has 0 radical (unpaired) electrons. The molecule has 1 amide bonds. The Morgan fingerprint density at radius 1 is 1.50 bits per heavy atom. The van der Waals surface area contributed by atoms with Crippen LogP contribution in [0.2, 0.25) is 0 Å². The molecule has 0 unspecified atom stereocenters. The van der Waals surface area contributed by atoms with Crippen LogP contribution in [0.25, 0.3) is 0 Å². The van der Waals surface area contributed by atoms with Crippen LogP contribution in [0.1, 0.15) is 12.5 Å². The Morgan fingerprint density at radius 3 is 2.90 bits per heavy atom. The third-order valence-corrected chi connectivity index (χ3v) is 3.03. The first-order chi connectivity index (χ1) is 9.45. The fourth-order valence-corrected chi connectivity index (χ4v) is 1.70. The van der Waals surface area contributed by atoms with Gasteiger partial charge in [0.2, 0.25) is 5.91 Å². The van der Waals surface area contributed by atoms with Crippen molar-refractivity contribution in [1.29, 1.82) is 0 Å². The Balaban J connectivity index is 2.07. The minimum atomic E-state index is -0.615.